The van der Waals surface area contributed by atoms with Crippen molar-refractivity contribution in [2.24, 2.45) is 0 Å². The highest BCUT2D eigenvalue weighted by molar-refractivity contribution is 5.94. The Hall–Kier alpha value is -3.01. The van der Waals surface area contributed by atoms with Gasteiger partial charge in [-0.3, -0.25) is 9.78 Å². The van der Waals surface area contributed by atoms with Gasteiger partial charge in [0.1, 0.15) is 5.82 Å². The highest BCUT2D eigenvalue weighted by Crippen LogP contribution is 2.13. The number of rotatable bonds is 6. The molecular formula is C21H19FN2O. The summed E-state index contributed by atoms with van der Waals surface area (Å²) in [6.07, 6.45) is 2.39. The number of halogens is 1. The molecule has 3 rings (SSSR count). The van der Waals surface area contributed by atoms with Crippen LogP contribution in [0, 0.1) is 5.82 Å². The lowest BCUT2D eigenvalue weighted by atomic mass is 10.1. The molecule has 25 heavy (non-hydrogen) atoms. The summed E-state index contributed by atoms with van der Waals surface area (Å²) >= 11 is 0. The molecule has 4 heteroatoms. The molecular weight excluding hydrogens is 315 g/mol. The standard InChI is InChI=1S/C21H19FN2O/c22-20-12-5-4-11-19(20)21(25)24(16-18-10-6-7-14-23-18)15-13-17-8-2-1-3-9-17/h1-12,14H,13,15-16H2. The third kappa shape index (κ3) is 4.51. The molecule has 1 heterocycles. The van der Waals surface area contributed by atoms with Gasteiger partial charge in [-0.15, -0.1) is 0 Å². The number of nitrogens with zero attached hydrogens (tertiary/aromatic N) is 2. The Bertz CT molecular complexity index is 822. The Morgan fingerprint density at radius 1 is 0.920 bits per heavy atom. The lowest BCUT2D eigenvalue weighted by molar-refractivity contribution is 0.0738. The molecule has 0 N–H and O–H groups in total. The zero-order chi connectivity index (χ0) is 17.5. The van der Waals surface area contributed by atoms with Crippen LogP contribution in [-0.2, 0) is 13.0 Å². The first-order valence-corrected chi connectivity index (χ1v) is 8.21. The average molecular weight is 334 g/mol. The minimum atomic E-state index is -0.502. The molecule has 1 aromatic heterocycles. The number of carbonyl (C=O) groups is 1. The van der Waals surface area contributed by atoms with Crippen LogP contribution >= 0.6 is 0 Å². The largest absolute Gasteiger partial charge is 0.332 e. The number of hydrogen-bond donors (Lipinski definition) is 0. The number of pyridine rings is 1. The van der Waals surface area contributed by atoms with Crippen LogP contribution in [0.5, 0.6) is 0 Å². The van der Waals surface area contributed by atoms with Crippen LogP contribution in [-0.4, -0.2) is 22.3 Å². The van der Waals surface area contributed by atoms with Gasteiger partial charge in [0, 0.05) is 12.7 Å². The Morgan fingerprint density at radius 2 is 1.64 bits per heavy atom. The van der Waals surface area contributed by atoms with Crippen molar-refractivity contribution >= 4 is 5.91 Å². The van der Waals surface area contributed by atoms with Gasteiger partial charge in [0.15, 0.2) is 0 Å². The molecule has 0 aliphatic carbocycles. The summed E-state index contributed by atoms with van der Waals surface area (Å²) in [5, 5.41) is 0. The van der Waals surface area contributed by atoms with Gasteiger partial charge in [-0.25, -0.2) is 4.39 Å². The van der Waals surface area contributed by atoms with Crippen molar-refractivity contribution in [1.29, 1.82) is 0 Å². The van der Waals surface area contributed by atoms with Crippen molar-refractivity contribution in [2.75, 3.05) is 6.54 Å². The second-order valence-electron chi connectivity index (χ2n) is 5.76. The maximum atomic E-state index is 14.0. The second kappa shape index (κ2) is 8.20. The highest BCUT2D eigenvalue weighted by Gasteiger charge is 2.19. The molecule has 3 nitrogen and oxygen atoms in total. The Labute approximate surface area is 146 Å². The first-order valence-electron chi connectivity index (χ1n) is 8.21. The predicted octanol–water partition coefficient (Wildman–Crippen LogP) is 4.11. The Kier molecular flexibility index (Phi) is 5.52. The number of amides is 1. The topological polar surface area (TPSA) is 33.2 Å². The lowest BCUT2D eigenvalue weighted by Gasteiger charge is -2.23. The molecule has 0 aliphatic heterocycles. The molecule has 0 radical (unpaired) electrons. The summed E-state index contributed by atoms with van der Waals surface area (Å²) in [7, 11) is 0. The predicted molar refractivity (Wildman–Crippen MR) is 95.5 cm³/mol. The third-order valence-corrected chi connectivity index (χ3v) is 3.98. The van der Waals surface area contributed by atoms with E-state index in [1.807, 2.05) is 48.5 Å². The maximum absolute atomic E-state index is 14.0. The maximum Gasteiger partial charge on any atom is 0.257 e. The molecule has 0 aliphatic rings. The van der Waals surface area contributed by atoms with Crippen molar-refractivity contribution in [3.8, 4) is 0 Å². The molecule has 0 atom stereocenters. The molecule has 0 bridgehead atoms. The van der Waals surface area contributed by atoms with Crippen LogP contribution in [0.4, 0.5) is 4.39 Å². The van der Waals surface area contributed by atoms with Crippen LogP contribution in [0.25, 0.3) is 0 Å². The Balaban J connectivity index is 1.80. The smallest absolute Gasteiger partial charge is 0.257 e. The molecule has 1 amide bonds. The van der Waals surface area contributed by atoms with Crippen LogP contribution in [0.2, 0.25) is 0 Å². The van der Waals surface area contributed by atoms with E-state index in [0.717, 1.165) is 11.3 Å². The van der Waals surface area contributed by atoms with E-state index in [2.05, 4.69) is 4.98 Å². The minimum absolute atomic E-state index is 0.0893. The quantitative estimate of drug-likeness (QED) is 0.680. The van der Waals surface area contributed by atoms with E-state index in [-0.39, 0.29) is 11.5 Å². The summed E-state index contributed by atoms with van der Waals surface area (Å²) in [4.78, 5) is 18.8. The van der Waals surface area contributed by atoms with Crippen molar-refractivity contribution in [1.82, 2.24) is 9.88 Å². The third-order valence-electron chi connectivity index (χ3n) is 3.98. The van der Waals surface area contributed by atoms with E-state index in [4.69, 9.17) is 0 Å². The van der Waals surface area contributed by atoms with E-state index in [1.165, 1.54) is 12.1 Å². The second-order valence-corrected chi connectivity index (χ2v) is 5.76. The fraction of sp³-hybridized carbons (Fsp3) is 0.143. The van der Waals surface area contributed by atoms with Gasteiger partial charge < -0.3 is 4.90 Å². The first kappa shape index (κ1) is 16.8. The molecule has 0 saturated carbocycles. The SMILES string of the molecule is O=C(c1ccccc1F)N(CCc1ccccc1)Cc1ccccn1. The van der Waals surface area contributed by atoms with E-state index in [9.17, 15) is 9.18 Å². The molecule has 126 valence electrons. The van der Waals surface area contributed by atoms with Crippen LogP contribution in [0.3, 0.4) is 0 Å². The number of carbonyl (C=O) groups excluding carboxylic acids is 1. The summed E-state index contributed by atoms with van der Waals surface area (Å²) in [5.41, 5.74) is 2.00. The van der Waals surface area contributed by atoms with E-state index >= 15 is 0 Å². The van der Waals surface area contributed by atoms with Crippen molar-refractivity contribution in [2.45, 2.75) is 13.0 Å². The lowest BCUT2D eigenvalue weighted by Crippen LogP contribution is -2.33. The highest BCUT2D eigenvalue weighted by atomic mass is 19.1. The van der Waals surface area contributed by atoms with E-state index in [1.54, 1.807) is 23.2 Å². The molecule has 0 spiro atoms. The van der Waals surface area contributed by atoms with Crippen LogP contribution in [0.15, 0.2) is 79.0 Å². The van der Waals surface area contributed by atoms with Crippen molar-refractivity contribution in [3.05, 3.63) is 102 Å². The minimum Gasteiger partial charge on any atom is -0.332 e. The Morgan fingerprint density at radius 3 is 2.36 bits per heavy atom. The monoisotopic (exact) mass is 334 g/mol. The molecule has 0 saturated heterocycles. The van der Waals surface area contributed by atoms with Gasteiger partial charge in [-0.05, 0) is 36.2 Å². The first-order chi connectivity index (χ1) is 12.2. The van der Waals surface area contributed by atoms with Gasteiger partial charge in [0.05, 0.1) is 17.8 Å². The van der Waals surface area contributed by atoms with Crippen molar-refractivity contribution in [3.63, 3.8) is 0 Å². The summed E-state index contributed by atoms with van der Waals surface area (Å²) in [6, 6.07) is 21.6. The van der Waals surface area contributed by atoms with Crippen LogP contribution < -0.4 is 0 Å². The fourth-order valence-corrected chi connectivity index (χ4v) is 2.65. The zero-order valence-corrected chi connectivity index (χ0v) is 13.8. The van der Waals surface area contributed by atoms with Gasteiger partial charge >= 0.3 is 0 Å². The van der Waals surface area contributed by atoms with Crippen LogP contribution in [0.1, 0.15) is 21.6 Å². The normalized spacial score (nSPS) is 10.4. The number of hydrogen-bond acceptors (Lipinski definition) is 2. The molecule has 0 fully saturated rings. The zero-order valence-electron chi connectivity index (χ0n) is 13.8. The van der Waals surface area contributed by atoms with Gasteiger partial charge in [-0.2, -0.15) is 0 Å². The number of benzene rings is 2. The summed E-state index contributed by atoms with van der Waals surface area (Å²) in [6.45, 7) is 0.842. The fourth-order valence-electron chi connectivity index (χ4n) is 2.65. The van der Waals surface area contributed by atoms with Gasteiger partial charge in [0.2, 0.25) is 0 Å². The van der Waals surface area contributed by atoms with Gasteiger partial charge in [0.25, 0.3) is 5.91 Å². The summed E-state index contributed by atoms with van der Waals surface area (Å²) < 4.78 is 14.0. The molecule has 3 aromatic rings. The average Bonchev–Trinajstić information content (AvgIpc) is 2.66. The molecule has 0 unspecified atom stereocenters. The molecule has 2 aromatic carbocycles. The summed E-state index contributed by atoms with van der Waals surface area (Å²) in [5.74, 6) is -0.821. The van der Waals surface area contributed by atoms with E-state index in [0.29, 0.717) is 19.5 Å². The van der Waals surface area contributed by atoms with E-state index < -0.39 is 5.82 Å². The number of aromatic nitrogens is 1. The van der Waals surface area contributed by atoms with Crippen molar-refractivity contribution < 1.29 is 9.18 Å². The van der Waals surface area contributed by atoms with Gasteiger partial charge in [-0.1, -0.05) is 48.5 Å².